The van der Waals surface area contributed by atoms with Crippen LogP contribution in [-0.4, -0.2) is 25.2 Å². The molecule has 21 heavy (non-hydrogen) atoms. The molecule has 0 aliphatic rings. The first-order valence-electron chi connectivity index (χ1n) is 7.14. The van der Waals surface area contributed by atoms with Crippen LogP contribution >= 0.6 is 0 Å². The lowest BCUT2D eigenvalue weighted by Crippen LogP contribution is -2.41. The van der Waals surface area contributed by atoms with Crippen molar-refractivity contribution in [2.45, 2.75) is 46.4 Å². The molecule has 1 aromatic carbocycles. The van der Waals surface area contributed by atoms with Crippen LogP contribution in [-0.2, 0) is 6.54 Å². The molecule has 1 rings (SSSR count). The van der Waals surface area contributed by atoms with Crippen molar-refractivity contribution in [3.05, 3.63) is 29.8 Å². The van der Waals surface area contributed by atoms with Gasteiger partial charge in [-0.2, -0.15) is 8.78 Å². The number of guanidine groups is 1. The second-order valence-corrected chi connectivity index (χ2v) is 4.64. The molecule has 118 valence electrons. The molecule has 0 aromatic heterocycles. The molecule has 1 aromatic rings. The van der Waals surface area contributed by atoms with E-state index in [4.69, 9.17) is 0 Å². The summed E-state index contributed by atoms with van der Waals surface area (Å²) in [6, 6.07) is 6.97. The Morgan fingerprint density at radius 3 is 2.62 bits per heavy atom. The Hall–Kier alpha value is -1.85. The van der Waals surface area contributed by atoms with Gasteiger partial charge in [-0.15, -0.1) is 0 Å². The molecule has 6 heteroatoms. The van der Waals surface area contributed by atoms with Gasteiger partial charge in [-0.3, -0.25) is 0 Å². The number of nitrogens with one attached hydrogen (secondary N) is 2. The van der Waals surface area contributed by atoms with Crippen molar-refractivity contribution in [1.29, 1.82) is 0 Å². The van der Waals surface area contributed by atoms with Crippen LogP contribution in [0.5, 0.6) is 5.75 Å². The first-order chi connectivity index (χ1) is 10.1. The summed E-state index contributed by atoms with van der Waals surface area (Å²) >= 11 is 0. The highest BCUT2D eigenvalue weighted by Gasteiger charge is 2.09. The molecule has 0 aliphatic heterocycles. The normalized spacial score (nSPS) is 13.1. The molecule has 1 atom stereocenters. The maximum absolute atomic E-state index is 12.4. The minimum Gasteiger partial charge on any atom is -0.434 e. The predicted octanol–water partition coefficient (Wildman–Crippen LogP) is 3.14. The van der Waals surface area contributed by atoms with E-state index >= 15 is 0 Å². The van der Waals surface area contributed by atoms with Gasteiger partial charge in [-0.1, -0.05) is 25.1 Å². The van der Waals surface area contributed by atoms with E-state index in [-0.39, 0.29) is 18.3 Å². The average molecular weight is 299 g/mol. The molecule has 0 saturated carbocycles. The summed E-state index contributed by atoms with van der Waals surface area (Å²) < 4.78 is 29.2. The Balaban J connectivity index is 2.79. The zero-order chi connectivity index (χ0) is 15.7. The van der Waals surface area contributed by atoms with Gasteiger partial charge in [0, 0.05) is 18.2 Å². The van der Waals surface area contributed by atoms with Gasteiger partial charge in [-0.05, 0) is 26.3 Å². The van der Waals surface area contributed by atoms with Crippen molar-refractivity contribution in [3.63, 3.8) is 0 Å². The Morgan fingerprint density at radius 1 is 1.29 bits per heavy atom. The van der Waals surface area contributed by atoms with Gasteiger partial charge < -0.3 is 15.4 Å². The number of ether oxygens (including phenoxy) is 1. The Bertz CT molecular complexity index is 452. The second kappa shape index (κ2) is 9.15. The lowest BCUT2D eigenvalue weighted by atomic mass is 10.2. The van der Waals surface area contributed by atoms with Crippen molar-refractivity contribution < 1.29 is 13.5 Å². The SMILES string of the molecule is CCNC(=NCc1ccccc1OC(F)F)NC(C)CC. The average Bonchev–Trinajstić information content (AvgIpc) is 2.45. The summed E-state index contributed by atoms with van der Waals surface area (Å²) in [5.74, 6) is 0.828. The van der Waals surface area contributed by atoms with E-state index in [2.05, 4.69) is 34.2 Å². The van der Waals surface area contributed by atoms with Crippen molar-refractivity contribution in [1.82, 2.24) is 10.6 Å². The van der Waals surface area contributed by atoms with Crippen LogP contribution in [0.15, 0.2) is 29.3 Å². The summed E-state index contributed by atoms with van der Waals surface area (Å²) in [6.07, 6.45) is 0.968. The van der Waals surface area contributed by atoms with E-state index in [9.17, 15) is 8.78 Å². The molecule has 4 nitrogen and oxygen atoms in total. The first kappa shape index (κ1) is 17.2. The van der Waals surface area contributed by atoms with E-state index in [0.29, 0.717) is 11.5 Å². The van der Waals surface area contributed by atoms with Crippen molar-refractivity contribution in [2.24, 2.45) is 4.99 Å². The van der Waals surface area contributed by atoms with E-state index in [1.165, 1.54) is 6.07 Å². The number of hydrogen-bond donors (Lipinski definition) is 2. The molecule has 0 aliphatic carbocycles. The molecule has 0 heterocycles. The topological polar surface area (TPSA) is 45.7 Å². The minimum absolute atomic E-state index is 0.163. The van der Waals surface area contributed by atoms with Crippen molar-refractivity contribution in [2.75, 3.05) is 6.54 Å². The van der Waals surface area contributed by atoms with Gasteiger partial charge >= 0.3 is 6.61 Å². The van der Waals surface area contributed by atoms with Crippen LogP contribution in [0.4, 0.5) is 8.78 Å². The number of benzene rings is 1. The van der Waals surface area contributed by atoms with Crippen LogP contribution in [0.1, 0.15) is 32.8 Å². The van der Waals surface area contributed by atoms with E-state index in [1.54, 1.807) is 18.2 Å². The maximum Gasteiger partial charge on any atom is 0.387 e. The zero-order valence-electron chi connectivity index (χ0n) is 12.7. The summed E-state index contributed by atoms with van der Waals surface area (Å²) in [5.41, 5.74) is 0.624. The van der Waals surface area contributed by atoms with Crippen molar-refractivity contribution >= 4 is 5.96 Å². The number of para-hydroxylation sites is 1. The molecule has 0 fully saturated rings. The third-order valence-electron chi connectivity index (χ3n) is 2.94. The minimum atomic E-state index is -2.83. The first-order valence-corrected chi connectivity index (χ1v) is 7.14. The second-order valence-electron chi connectivity index (χ2n) is 4.64. The number of alkyl halides is 2. The number of rotatable bonds is 7. The highest BCUT2D eigenvalue weighted by molar-refractivity contribution is 5.80. The Kier molecular flexibility index (Phi) is 7.50. The molecule has 0 spiro atoms. The molecule has 1 unspecified atom stereocenters. The van der Waals surface area contributed by atoms with Gasteiger partial charge in [0.05, 0.1) is 6.54 Å². The fourth-order valence-electron chi connectivity index (χ4n) is 1.67. The third kappa shape index (κ3) is 6.42. The quantitative estimate of drug-likeness (QED) is 0.600. The van der Waals surface area contributed by atoms with Crippen molar-refractivity contribution in [3.8, 4) is 5.75 Å². The lowest BCUT2D eigenvalue weighted by molar-refractivity contribution is -0.0504. The summed E-state index contributed by atoms with van der Waals surface area (Å²) in [4.78, 5) is 4.41. The largest absolute Gasteiger partial charge is 0.434 e. The summed E-state index contributed by atoms with van der Waals surface area (Å²) in [5, 5.41) is 6.38. The van der Waals surface area contributed by atoms with Crippen LogP contribution in [0.2, 0.25) is 0 Å². The van der Waals surface area contributed by atoms with Crippen LogP contribution < -0.4 is 15.4 Å². The van der Waals surface area contributed by atoms with E-state index in [0.717, 1.165) is 13.0 Å². The molecule has 0 radical (unpaired) electrons. The molecule has 0 saturated heterocycles. The standard InChI is InChI=1S/C15H23F2N3O/c1-4-11(3)20-15(18-5-2)19-10-12-8-6-7-9-13(12)21-14(16)17/h6-9,11,14H,4-5,10H2,1-3H3,(H2,18,19,20). The highest BCUT2D eigenvalue weighted by atomic mass is 19.3. The number of hydrogen-bond acceptors (Lipinski definition) is 2. The number of halogens is 2. The fraction of sp³-hybridized carbons (Fsp3) is 0.533. The molecular formula is C15H23F2N3O. The van der Waals surface area contributed by atoms with E-state index < -0.39 is 6.61 Å². The fourth-order valence-corrected chi connectivity index (χ4v) is 1.67. The van der Waals surface area contributed by atoms with Gasteiger partial charge in [-0.25, -0.2) is 4.99 Å². The third-order valence-corrected chi connectivity index (χ3v) is 2.94. The molecule has 0 bridgehead atoms. The lowest BCUT2D eigenvalue weighted by Gasteiger charge is -2.16. The maximum atomic E-state index is 12.4. The predicted molar refractivity (Wildman–Crippen MR) is 80.8 cm³/mol. The molecule has 2 N–H and O–H groups in total. The Labute approximate surface area is 124 Å². The molecule has 0 amide bonds. The van der Waals surface area contributed by atoms with Gasteiger partial charge in [0.2, 0.25) is 0 Å². The zero-order valence-corrected chi connectivity index (χ0v) is 12.7. The molecular weight excluding hydrogens is 276 g/mol. The van der Waals surface area contributed by atoms with Gasteiger partial charge in [0.15, 0.2) is 5.96 Å². The Morgan fingerprint density at radius 2 is 2.00 bits per heavy atom. The van der Waals surface area contributed by atoms with E-state index in [1.807, 2.05) is 6.92 Å². The summed E-state index contributed by atoms with van der Waals surface area (Å²) in [6.45, 7) is 4.28. The number of aliphatic imine (C=N–C) groups is 1. The van der Waals surface area contributed by atoms with Crippen LogP contribution in [0.25, 0.3) is 0 Å². The van der Waals surface area contributed by atoms with Gasteiger partial charge in [0.25, 0.3) is 0 Å². The smallest absolute Gasteiger partial charge is 0.387 e. The number of nitrogens with zero attached hydrogens (tertiary/aromatic N) is 1. The van der Waals surface area contributed by atoms with Crippen LogP contribution in [0, 0.1) is 0 Å². The monoisotopic (exact) mass is 299 g/mol. The van der Waals surface area contributed by atoms with Crippen LogP contribution in [0.3, 0.4) is 0 Å². The van der Waals surface area contributed by atoms with Gasteiger partial charge in [0.1, 0.15) is 5.75 Å². The highest BCUT2D eigenvalue weighted by Crippen LogP contribution is 2.20. The summed E-state index contributed by atoms with van der Waals surface area (Å²) in [7, 11) is 0.